The lowest BCUT2D eigenvalue weighted by molar-refractivity contribution is -0.126. The zero-order valence-corrected chi connectivity index (χ0v) is 21.3. The van der Waals surface area contributed by atoms with Gasteiger partial charge in [-0.25, -0.2) is 0 Å². The van der Waals surface area contributed by atoms with Gasteiger partial charge in [0.25, 0.3) is 0 Å². The minimum absolute atomic E-state index is 0.00567. The molecule has 2 heterocycles. The van der Waals surface area contributed by atoms with Crippen LogP contribution >= 0.6 is 39.3 Å². The van der Waals surface area contributed by atoms with Gasteiger partial charge >= 0.3 is 0 Å². The van der Waals surface area contributed by atoms with Crippen LogP contribution in [0.1, 0.15) is 24.3 Å². The number of hydrogen-bond donors (Lipinski definition) is 1. The molecule has 2 aromatic carbocycles. The van der Waals surface area contributed by atoms with Crippen molar-refractivity contribution >= 4 is 45.2 Å². The molecule has 1 saturated heterocycles. The van der Waals surface area contributed by atoms with Gasteiger partial charge in [0.15, 0.2) is 0 Å². The average molecular weight is 550 g/mol. The van der Waals surface area contributed by atoms with Gasteiger partial charge in [-0.1, -0.05) is 44.8 Å². The van der Waals surface area contributed by atoms with Crippen LogP contribution in [0, 0.1) is 5.92 Å². The SMILES string of the molecule is O=C(NCCSCc1ccc(Cl)cc1)C1CCCN(Cc2nc(-c3ccc(Br)cc3)no2)C1. The van der Waals surface area contributed by atoms with Gasteiger partial charge in [0.2, 0.25) is 17.6 Å². The van der Waals surface area contributed by atoms with Crippen molar-refractivity contribution in [2.45, 2.75) is 25.1 Å². The number of likely N-dealkylation sites (tertiary alicyclic amines) is 1. The van der Waals surface area contributed by atoms with E-state index in [0.29, 0.717) is 31.3 Å². The van der Waals surface area contributed by atoms with Crippen LogP contribution in [0.5, 0.6) is 0 Å². The van der Waals surface area contributed by atoms with E-state index in [4.69, 9.17) is 16.1 Å². The van der Waals surface area contributed by atoms with Crippen molar-refractivity contribution in [2.24, 2.45) is 5.92 Å². The normalized spacial score (nSPS) is 16.6. The number of nitrogens with zero attached hydrogens (tertiary/aromatic N) is 3. The molecule has 3 aromatic rings. The topological polar surface area (TPSA) is 71.3 Å². The maximum Gasteiger partial charge on any atom is 0.241 e. The summed E-state index contributed by atoms with van der Waals surface area (Å²) in [5.74, 6) is 3.08. The minimum Gasteiger partial charge on any atom is -0.355 e. The Bertz CT molecular complexity index is 1050. The van der Waals surface area contributed by atoms with Gasteiger partial charge in [-0.05, 0) is 61.3 Å². The minimum atomic E-state index is -0.00567. The zero-order chi connectivity index (χ0) is 23.0. The van der Waals surface area contributed by atoms with Crippen LogP contribution in [-0.4, -0.2) is 46.3 Å². The summed E-state index contributed by atoms with van der Waals surface area (Å²) >= 11 is 11.2. The second-order valence-corrected chi connectivity index (χ2v) is 10.5. The van der Waals surface area contributed by atoms with Crippen LogP contribution in [0.3, 0.4) is 0 Å². The predicted molar refractivity (Wildman–Crippen MR) is 136 cm³/mol. The van der Waals surface area contributed by atoms with Crippen molar-refractivity contribution in [3.05, 3.63) is 69.5 Å². The molecular weight excluding hydrogens is 524 g/mol. The highest BCUT2D eigenvalue weighted by molar-refractivity contribution is 9.10. The van der Waals surface area contributed by atoms with Crippen LogP contribution in [0.4, 0.5) is 0 Å². The van der Waals surface area contributed by atoms with E-state index in [1.807, 2.05) is 48.5 Å². The van der Waals surface area contributed by atoms with Gasteiger partial charge in [-0.3, -0.25) is 9.69 Å². The summed E-state index contributed by atoms with van der Waals surface area (Å²) in [6, 6.07) is 15.7. The van der Waals surface area contributed by atoms with E-state index in [1.165, 1.54) is 5.56 Å². The molecule has 0 radical (unpaired) electrons. The number of aromatic nitrogens is 2. The number of thioether (sulfide) groups is 1. The number of hydrogen-bond acceptors (Lipinski definition) is 6. The average Bonchev–Trinajstić information content (AvgIpc) is 3.29. The lowest BCUT2D eigenvalue weighted by atomic mass is 9.97. The van der Waals surface area contributed by atoms with Crippen molar-refractivity contribution < 1.29 is 9.32 Å². The molecule has 0 bridgehead atoms. The number of benzene rings is 2. The molecule has 33 heavy (non-hydrogen) atoms. The first-order valence-electron chi connectivity index (χ1n) is 11.0. The molecule has 1 atom stereocenters. The Hall–Kier alpha value is -1.87. The van der Waals surface area contributed by atoms with Crippen molar-refractivity contribution in [2.75, 3.05) is 25.4 Å². The lowest BCUT2D eigenvalue weighted by Gasteiger charge is -2.30. The van der Waals surface area contributed by atoms with Crippen molar-refractivity contribution in [1.29, 1.82) is 0 Å². The number of halogens is 2. The van der Waals surface area contributed by atoms with E-state index in [2.05, 4.69) is 36.3 Å². The van der Waals surface area contributed by atoms with Gasteiger partial charge in [0, 0.05) is 39.7 Å². The van der Waals surface area contributed by atoms with Crippen LogP contribution in [0.25, 0.3) is 11.4 Å². The van der Waals surface area contributed by atoms with Gasteiger partial charge in [0.1, 0.15) is 0 Å². The smallest absolute Gasteiger partial charge is 0.241 e. The Morgan fingerprint density at radius 3 is 2.79 bits per heavy atom. The van der Waals surface area contributed by atoms with E-state index in [9.17, 15) is 4.79 Å². The number of piperidine rings is 1. The summed E-state index contributed by atoms with van der Waals surface area (Å²) in [6.07, 6.45) is 1.89. The van der Waals surface area contributed by atoms with Crippen LogP contribution in [0.15, 0.2) is 57.5 Å². The first-order chi connectivity index (χ1) is 16.1. The van der Waals surface area contributed by atoms with E-state index in [0.717, 1.165) is 46.0 Å². The number of nitrogens with one attached hydrogen (secondary N) is 1. The fourth-order valence-corrected chi connectivity index (χ4v) is 5.01. The number of carbonyl (C=O) groups excluding carboxylic acids is 1. The Balaban J connectivity index is 1.19. The van der Waals surface area contributed by atoms with Crippen molar-refractivity contribution in [1.82, 2.24) is 20.4 Å². The molecule has 1 aromatic heterocycles. The largest absolute Gasteiger partial charge is 0.355 e. The first kappa shape index (κ1) is 24.3. The van der Waals surface area contributed by atoms with Crippen molar-refractivity contribution in [3.63, 3.8) is 0 Å². The molecular formula is C24H26BrClN4O2S. The summed E-state index contributed by atoms with van der Waals surface area (Å²) in [7, 11) is 0. The zero-order valence-electron chi connectivity index (χ0n) is 18.2. The summed E-state index contributed by atoms with van der Waals surface area (Å²) in [5, 5.41) is 7.95. The summed E-state index contributed by atoms with van der Waals surface area (Å²) in [5.41, 5.74) is 2.15. The third kappa shape index (κ3) is 7.30. The highest BCUT2D eigenvalue weighted by Crippen LogP contribution is 2.22. The fourth-order valence-electron chi connectivity index (χ4n) is 3.80. The molecule has 4 rings (SSSR count). The Morgan fingerprint density at radius 1 is 1.21 bits per heavy atom. The van der Waals surface area contributed by atoms with Crippen LogP contribution < -0.4 is 5.32 Å². The molecule has 0 aliphatic carbocycles. The maximum absolute atomic E-state index is 12.7. The Labute approximate surface area is 211 Å². The number of amides is 1. The third-order valence-corrected chi connectivity index (χ3v) is 7.34. The molecule has 0 saturated carbocycles. The predicted octanol–water partition coefficient (Wildman–Crippen LogP) is 5.41. The molecule has 174 valence electrons. The summed E-state index contributed by atoms with van der Waals surface area (Å²) in [6.45, 7) is 2.87. The van der Waals surface area contributed by atoms with E-state index < -0.39 is 0 Å². The van der Waals surface area contributed by atoms with Gasteiger partial charge < -0.3 is 9.84 Å². The monoisotopic (exact) mass is 548 g/mol. The molecule has 1 amide bonds. The van der Waals surface area contributed by atoms with Gasteiger partial charge in [0.05, 0.1) is 12.5 Å². The fraction of sp³-hybridized carbons (Fsp3) is 0.375. The standard InChI is InChI=1S/C24H26BrClN4O2S/c25-20-7-5-18(6-8-20)23-28-22(32-29-23)15-30-12-1-2-19(14-30)24(31)27-11-13-33-16-17-3-9-21(26)10-4-17/h3-10,19H,1-2,11-16H2,(H,27,31). The molecule has 1 unspecified atom stereocenters. The van der Waals surface area contributed by atoms with E-state index in [-0.39, 0.29) is 11.8 Å². The highest BCUT2D eigenvalue weighted by atomic mass is 79.9. The molecule has 1 aliphatic heterocycles. The third-order valence-electron chi connectivity index (χ3n) is 5.53. The quantitative estimate of drug-likeness (QED) is 0.360. The Morgan fingerprint density at radius 2 is 2.00 bits per heavy atom. The van der Waals surface area contributed by atoms with Crippen LogP contribution in [-0.2, 0) is 17.1 Å². The van der Waals surface area contributed by atoms with Crippen molar-refractivity contribution in [3.8, 4) is 11.4 Å². The summed E-state index contributed by atoms with van der Waals surface area (Å²) in [4.78, 5) is 19.4. The molecule has 1 fully saturated rings. The second kappa shape index (κ2) is 12.0. The molecule has 6 nitrogen and oxygen atoms in total. The molecule has 1 N–H and O–H groups in total. The van der Waals surface area contributed by atoms with E-state index >= 15 is 0 Å². The van der Waals surface area contributed by atoms with E-state index in [1.54, 1.807) is 11.8 Å². The van der Waals surface area contributed by atoms with Crippen LogP contribution in [0.2, 0.25) is 5.02 Å². The molecule has 1 aliphatic rings. The van der Waals surface area contributed by atoms with Gasteiger partial charge in [-0.2, -0.15) is 16.7 Å². The van der Waals surface area contributed by atoms with Gasteiger partial charge in [-0.15, -0.1) is 0 Å². The maximum atomic E-state index is 12.7. The lowest BCUT2D eigenvalue weighted by Crippen LogP contribution is -2.43. The molecule has 9 heteroatoms. The second-order valence-electron chi connectivity index (χ2n) is 8.06. The number of rotatable bonds is 9. The Kier molecular flexibility index (Phi) is 8.83. The summed E-state index contributed by atoms with van der Waals surface area (Å²) < 4.78 is 6.46. The first-order valence-corrected chi connectivity index (χ1v) is 13.3. The highest BCUT2D eigenvalue weighted by Gasteiger charge is 2.26. The molecule has 0 spiro atoms. The number of carbonyl (C=O) groups is 1.